The van der Waals surface area contributed by atoms with Gasteiger partial charge in [0.05, 0.1) is 9.49 Å². The molecule has 1 aromatic carbocycles. The van der Waals surface area contributed by atoms with Crippen molar-refractivity contribution in [3.63, 3.8) is 0 Å². The van der Waals surface area contributed by atoms with E-state index in [-0.39, 0.29) is 6.61 Å². The van der Waals surface area contributed by atoms with Crippen LogP contribution in [0.15, 0.2) is 22.7 Å². The summed E-state index contributed by atoms with van der Waals surface area (Å²) in [6.07, 6.45) is 0. The van der Waals surface area contributed by atoms with Gasteiger partial charge in [-0.15, -0.1) is 11.3 Å². The molecule has 2 rings (SSSR count). The number of hydrogen-bond donors (Lipinski definition) is 1. The second-order valence-electron chi connectivity index (χ2n) is 2.69. The van der Waals surface area contributed by atoms with Crippen LogP contribution in [0.3, 0.4) is 0 Å². The summed E-state index contributed by atoms with van der Waals surface area (Å²) in [7, 11) is 0. The van der Waals surface area contributed by atoms with E-state index in [0.29, 0.717) is 0 Å². The van der Waals surface area contributed by atoms with E-state index >= 15 is 0 Å². The topological polar surface area (TPSA) is 20.2 Å². The molecule has 0 aliphatic carbocycles. The van der Waals surface area contributed by atoms with E-state index in [1.54, 1.807) is 11.3 Å². The maximum absolute atomic E-state index is 9.06. The van der Waals surface area contributed by atoms with Crippen LogP contribution >= 0.6 is 49.9 Å². The Labute approximate surface area is 102 Å². The van der Waals surface area contributed by atoms with Crippen LogP contribution < -0.4 is 0 Å². The molecule has 4 heteroatoms. The minimum Gasteiger partial charge on any atom is -0.392 e. The van der Waals surface area contributed by atoms with Crippen molar-refractivity contribution in [2.24, 2.45) is 0 Å². The first-order chi connectivity index (χ1) is 6.20. The van der Waals surface area contributed by atoms with Crippen molar-refractivity contribution >= 4 is 59.9 Å². The van der Waals surface area contributed by atoms with Crippen LogP contribution in [0.5, 0.6) is 0 Å². The van der Waals surface area contributed by atoms with Crippen molar-refractivity contribution in [3.05, 3.63) is 31.1 Å². The highest BCUT2D eigenvalue weighted by atomic mass is 127. The fraction of sp³-hybridized carbons (Fsp3) is 0.111. The lowest BCUT2D eigenvalue weighted by Crippen LogP contribution is -1.83. The summed E-state index contributed by atoms with van der Waals surface area (Å²) in [5, 5.41) is 10.3. The van der Waals surface area contributed by atoms with Crippen LogP contribution in [0.2, 0.25) is 0 Å². The largest absolute Gasteiger partial charge is 0.392 e. The summed E-state index contributed by atoms with van der Waals surface area (Å²) in [5.41, 5.74) is 0.946. The molecule has 0 spiro atoms. The van der Waals surface area contributed by atoms with Gasteiger partial charge in [-0.1, -0.05) is 15.9 Å². The van der Waals surface area contributed by atoms with E-state index in [9.17, 15) is 0 Å². The molecule has 0 amide bonds. The summed E-state index contributed by atoms with van der Waals surface area (Å²) in [6.45, 7) is 0.0863. The quantitative estimate of drug-likeness (QED) is 0.760. The zero-order valence-electron chi connectivity index (χ0n) is 6.55. The Balaban J connectivity index is 2.72. The Morgan fingerprint density at radius 2 is 2.15 bits per heavy atom. The van der Waals surface area contributed by atoms with Crippen LogP contribution in [0.25, 0.3) is 10.1 Å². The molecule has 1 N–H and O–H groups in total. The Morgan fingerprint density at radius 3 is 2.85 bits per heavy atom. The summed E-state index contributed by atoms with van der Waals surface area (Å²) in [4.78, 5) is 0. The van der Waals surface area contributed by atoms with Gasteiger partial charge < -0.3 is 5.11 Å². The molecule has 0 fully saturated rings. The molecule has 68 valence electrons. The molecule has 2 aromatic rings. The van der Waals surface area contributed by atoms with E-state index in [0.717, 1.165) is 10.0 Å². The summed E-state index contributed by atoms with van der Waals surface area (Å²) in [6, 6.07) is 6.22. The molecule has 0 aliphatic heterocycles. The van der Waals surface area contributed by atoms with Gasteiger partial charge in [-0.05, 0) is 51.7 Å². The van der Waals surface area contributed by atoms with Crippen molar-refractivity contribution in [1.29, 1.82) is 0 Å². The first kappa shape index (κ1) is 9.89. The van der Waals surface area contributed by atoms with Gasteiger partial charge in [-0.2, -0.15) is 0 Å². The molecule has 0 unspecified atom stereocenters. The van der Waals surface area contributed by atoms with Crippen LogP contribution in [0, 0.1) is 2.88 Å². The molecular formula is C9H6BrIOS. The fourth-order valence-electron chi connectivity index (χ4n) is 1.20. The number of benzene rings is 1. The first-order valence-corrected chi connectivity index (χ1v) is 6.38. The summed E-state index contributed by atoms with van der Waals surface area (Å²) < 4.78 is 3.52. The number of halogens is 2. The van der Waals surface area contributed by atoms with E-state index in [1.165, 1.54) is 13.0 Å². The van der Waals surface area contributed by atoms with Gasteiger partial charge in [0.15, 0.2) is 0 Å². The molecule has 0 atom stereocenters. The highest BCUT2D eigenvalue weighted by molar-refractivity contribution is 14.1. The number of rotatable bonds is 1. The van der Waals surface area contributed by atoms with Crippen LogP contribution in [-0.2, 0) is 6.61 Å². The third-order valence-electron chi connectivity index (χ3n) is 1.83. The van der Waals surface area contributed by atoms with Crippen LogP contribution in [0.4, 0.5) is 0 Å². The first-order valence-electron chi connectivity index (χ1n) is 3.69. The highest BCUT2D eigenvalue weighted by Crippen LogP contribution is 2.31. The van der Waals surface area contributed by atoms with E-state index in [1.807, 2.05) is 6.07 Å². The van der Waals surface area contributed by atoms with Gasteiger partial charge in [0, 0.05) is 9.17 Å². The average molecular weight is 369 g/mol. The Hall–Kier alpha value is 0.350. The van der Waals surface area contributed by atoms with Crippen molar-refractivity contribution in [2.45, 2.75) is 6.61 Å². The SMILES string of the molecule is OCc1cc2cc(I)sc2cc1Br. The fourth-order valence-corrected chi connectivity index (χ4v) is 3.67. The second-order valence-corrected chi connectivity index (χ2v) is 6.52. The molecule has 0 aliphatic rings. The molecular weight excluding hydrogens is 363 g/mol. The smallest absolute Gasteiger partial charge is 0.0693 e. The Bertz CT molecular complexity index is 452. The molecule has 0 bridgehead atoms. The van der Waals surface area contributed by atoms with Gasteiger partial charge in [-0.25, -0.2) is 0 Å². The minimum atomic E-state index is 0.0863. The number of fused-ring (bicyclic) bond motifs is 1. The normalized spacial score (nSPS) is 11.0. The number of thiophene rings is 1. The van der Waals surface area contributed by atoms with Crippen molar-refractivity contribution in [1.82, 2.24) is 0 Å². The van der Waals surface area contributed by atoms with Crippen molar-refractivity contribution in [2.75, 3.05) is 0 Å². The lowest BCUT2D eigenvalue weighted by atomic mass is 10.2. The summed E-state index contributed by atoms with van der Waals surface area (Å²) >= 11 is 7.50. The lowest BCUT2D eigenvalue weighted by molar-refractivity contribution is 0.281. The standard InChI is InChI=1S/C9H6BrIOS/c10-7-3-8-5(1-6(7)4-12)2-9(11)13-8/h1-3,12H,4H2. The van der Waals surface area contributed by atoms with Crippen molar-refractivity contribution < 1.29 is 5.11 Å². The zero-order chi connectivity index (χ0) is 9.42. The number of aliphatic hydroxyl groups excluding tert-OH is 1. The molecule has 1 aromatic heterocycles. The molecule has 0 saturated carbocycles. The molecule has 1 heterocycles. The Kier molecular flexibility index (Phi) is 2.92. The Morgan fingerprint density at radius 1 is 1.38 bits per heavy atom. The average Bonchev–Trinajstić information content (AvgIpc) is 2.42. The van der Waals surface area contributed by atoms with Gasteiger partial charge in [0.1, 0.15) is 0 Å². The second kappa shape index (κ2) is 3.84. The number of hydrogen-bond acceptors (Lipinski definition) is 2. The third kappa shape index (κ3) is 1.91. The minimum absolute atomic E-state index is 0.0863. The van der Waals surface area contributed by atoms with Gasteiger partial charge in [-0.3, -0.25) is 0 Å². The molecule has 0 radical (unpaired) electrons. The van der Waals surface area contributed by atoms with Gasteiger partial charge in [0.2, 0.25) is 0 Å². The van der Waals surface area contributed by atoms with Crippen LogP contribution in [0.1, 0.15) is 5.56 Å². The van der Waals surface area contributed by atoms with E-state index < -0.39 is 0 Å². The lowest BCUT2D eigenvalue weighted by Gasteiger charge is -1.99. The third-order valence-corrected chi connectivity index (χ3v) is 4.42. The molecule has 13 heavy (non-hydrogen) atoms. The predicted octanol–water partition coefficient (Wildman–Crippen LogP) is 3.76. The summed E-state index contributed by atoms with van der Waals surface area (Å²) in [5.74, 6) is 0. The predicted molar refractivity (Wildman–Crippen MR) is 68.2 cm³/mol. The highest BCUT2D eigenvalue weighted by Gasteiger charge is 2.04. The molecule has 0 saturated heterocycles. The van der Waals surface area contributed by atoms with Gasteiger partial charge in [0.25, 0.3) is 0 Å². The number of aliphatic hydroxyl groups is 1. The molecule has 1 nitrogen and oxygen atoms in total. The van der Waals surface area contributed by atoms with Crippen LogP contribution in [-0.4, -0.2) is 5.11 Å². The van der Waals surface area contributed by atoms with E-state index in [4.69, 9.17) is 5.11 Å². The monoisotopic (exact) mass is 368 g/mol. The maximum atomic E-state index is 9.06. The zero-order valence-corrected chi connectivity index (χ0v) is 11.1. The maximum Gasteiger partial charge on any atom is 0.0693 e. The van der Waals surface area contributed by atoms with Gasteiger partial charge >= 0.3 is 0 Å². The van der Waals surface area contributed by atoms with Crippen molar-refractivity contribution in [3.8, 4) is 0 Å². The van der Waals surface area contributed by atoms with E-state index in [2.05, 4.69) is 50.7 Å².